The van der Waals surface area contributed by atoms with E-state index in [0.717, 1.165) is 5.92 Å². The number of rotatable bonds is 2. The van der Waals surface area contributed by atoms with Crippen molar-refractivity contribution < 1.29 is 0 Å². The quantitative estimate of drug-likeness (QED) is 0.470. The Morgan fingerprint density at radius 2 is 2.29 bits per heavy atom. The van der Waals surface area contributed by atoms with Crippen LogP contribution in [-0.4, -0.2) is 4.43 Å². The van der Waals surface area contributed by atoms with E-state index >= 15 is 0 Å². The molecule has 1 fully saturated rings. The summed E-state index contributed by atoms with van der Waals surface area (Å²) in [4.78, 5) is 0. The zero-order chi connectivity index (χ0) is 5.28. The van der Waals surface area contributed by atoms with Crippen molar-refractivity contribution in [1.29, 1.82) is 0 Å². The van der Waals surface area contributed by atoms with Crippen LogP contribution in [0.2, 0.25) is 0 Å². The van der Waals surface area contributed by atoms with Gasteiger partial charge in [0.15, 0.2) is 0 Å². The first-order chi connectivity index (χ1) is 3.29. The maximum absolute atomic E-state index is 5.68. The average molecular weight is 325 g/mol. The van der Waals surface area contributed by atoms with Crippen molar-refractivity contribution in [2.24, 2.45) is 9.86 Å². The summed E-state index contributed by atoms with van der Waals surface area (Å²) in [5.41, 5.74) is 0. The van der Waals surface area contributed by atoms with Crippen LogP contribution in [0.5, 0.6) is 0 Å². The third-order valence-electron chi connectivity index (χ3n) is 1.06. The molecule has 0 amide bonds. The van der Waals surface area contributed by atoms with Crippen LogP contribution in [-0.2, 0) is 0 Å². The summed E-state index contributed by atoms with van der Waals surface area (Å²) in [6.07, 6.45) is 2.93. The number of hydrogen-bond acceptors (Lipinski definition) is 1. The van der Waals surface area contributed by atoms with E-state index in [1.807, 2.05) is 0 Å². The summed E-state index contributed by atoms with van der Waals surface area (Å²) in [5.74, 6) is 1.06. The Morgan fingerprint density at radius 3 is 2.43 bits per heavy atom. The van der Waals surface area contributed by atoms with Gasteiger partial charge < -0.3 is 0 Å². The molecule has 0 saturated heterocycles. The van der Waals surface area contributed by atoms with Gasteiger partial charge in [-0.2, -0.15) is 0 Å². The van der Waals surface area contributed by atoms with Crippen LogP contribution < -0.4 is 3.95 Å². The van der Waals surface area contributed by atoms with Crippen molar-refractivity contribution in [2.45, 2.75) is 12.8 Å². The zero-order valence-electron chi connectivity index (χ0n) is 4.03. The second-order valence-corrected chi connectivity index (χ2v) is 11.8. The minimum atomic E-state index is -0.837. The Balaban J connectivity index is 1.97. The van der Waals surface area contributed by atoms with Gasteiger partial charge in [-0.05, 0) is 0 Å². The summed E-state index contributed by atoms with van der Waals surface area (Å²) in [6.45, 7) is 0. The monoisotopic (exact) mass is 325 g/mol. The molecule has 1 rings (SSSR count). The Labute approximate surface area is 61.3 Å². The van der Waals surface area contributed by atoms with Gasteiger partial charge in [-0.25, -0.2) is 0 Å². The second-order valence-electron chi connectivity index (χ2n) is 1.94. The van der Waals surface area contributed by atoms with Gasteiger partial charge in [-0.1, -0.05) is 0 Å². The van der Waals surface area contributed by atoms with Gasteiger partial charge in [-0.3, -0.25) is 0 Å². The van der Waals surface area contributed by atoms with Crippen LogP contribution in [0, 0.1) is 5.92 Å². The fraction of sp³-hybridized carbons (Fsp3) is 1.00. The number of nitrogens with two attached hydrogens (primary N) is 1. The normalized spacial score (nSPS) is 22.3. The van der Waals surface area contributed by atoms with E-state index < -0.39 is 16.1 Å². The van der Waals surface area contributed by atoms with Gasteiger partial charge in [0.25, 0.3) is 0 Å². The first-order valence-electron chi connectivity index (χ1n) is 2.35. The third kappa shape index (κ3) is 3.07. The van der Waals surface area contributed by atoms with Crippen molar-refractivity contribution in [3.05, 3.63) is 0 Å². The molecule has 0 unspecified atom stereocenters. The molecule has 3 heteroatoms. The third-order valence-corrected chi connectivity index (χ3v) is 5.38. The van der Waals surface area contributed by atoms with Crippen LogP contribution in [0.15, 0.2) is 0 Å². The molecular formula is C4H9I2N. The summed E-state index contributed by atoms with van der Waals surface area (Å²) in [6, 6.07) is 0. The number of hydrogen-bond donors (Lipinski definition) is 1. The van der Waals surface area contributed by atoms with Crippen LogP contribution >= 0.6 is 34.7 Å². The fourth-order valence-corrected chi connectivity index (χ4v) is 5.71. The van der Waals surface area contributed by atoms with Gasteiger partial charge in [-0.15, -0.1) is 0 Å². The summed E-state index contributed by atoms with van der Waals surface area (Å²) in [7, 11) is 0. The number of halogens is 2. The zero-order valence-corrected chi connectivity index (χ0v) is 8.35. The van der Waals surface area contributed by atoms with E-state index in [4.69, 9.17) is 3.95 Å². The SMILES string of the molecule is NI(I)CC1CC1. The summed E-state index contributed by atoms with van der Waals surface area (Å²) < 4.78 is 7.07. The molecule has 2 N–H and O–H groups in total. The molecule has 0 spiro atoms. The van der Waals surface area contributed by atoms with Gasteiger partial charge in [0.2, 0.25) is 0 Å². The Hall–Kier alpha value is 1.42. The molecule has 0 radical (unpaired) electrons. The van der Waals surface area contributed by atoms with E-state index in [-0.39, 0.29) is 0 Å². The molecule has 0 aromatic heterocycles. The van der Waals surface area contributed by atoms with Gasteiger partial charge in [0, 0.05) is 0 Å². The van der Waals surface area contributed by atoms with Crippen LogP contribution in [0.25, 0.3) is 0 Å². The Kier molecular flexibility index (Phi) is 2.63. The van der Waals surface area contributed by atoms with Gasteiger partial charge in [0.05, 0.1) is 0 Å². The van der Waals surface area contributed by atoms with Crippen molar-refractivity contribution in [1.82, 2.24) is 0 Å². The molecule has 44 valence electrons. The van der Waals surface area contributed by atoms with Gasteiger partial charge >= 0.3 is 61.9 Å². The standard InChI is InChI=1S/C4H9I2N/c5-6(7)3-4-1-2-4/h4H,1-3,7H2. The first-order valence-corrected chi connectivity index (χ1v) is 11.4. The van der Waals surface area contributed by atoms with Crippen molar-refractivity contribution in [3.63, 3.8) is 0 Å². The molecule has 1 aliphatic carbocycles. The molecule has 0 bridgehead atoms. The Bertz CT molecular complexity index is 60.7. The molecule has 0 aliphatic heterocycles. The fourth-order valence-electron chi connectivity index (χ4n) is 0.481. The second kappa shape index (κ2) is 2.82. The molecule has 1 nitrogen and oxygen atoms in total. The van der Waals surface area contributed by atoms with E-state index in [9.17, 15) is 0 Å². The van der Waals surface area contributed by atoms with E-state index in [1.54, 1.807) is 0 Å². The average Bonchev–Trinajstić information content (AvgIpc) is 2.17. The van der Waals surface area contributed by atoms with Crippen molar-refractivity contribution in [2.75, 3.05) is 4.43 Å². The molecule has 7 heavy (non-hydrogen) atoms. The Morgan fingerprint density at radius 1 is 1.71 bits per heavy atom. The summed E-state index contributed by atoms with van der Waals surface area (Å²) >= 11 is 1.59. The van der Waals surface area contributed by atoms with Crippen molar-refractivity contribution >= 4 is 34.7 Å². The predicted octanol–water partition coefficient (Wildman–Crippen LogP) is 2.13. The summed E-state index contributed by atoms with van der Waals surface area (Å²) in [5, 5.41) is 0. The van der Waals surface area contributed by atoms with Gasteiger partial charge in [0.1, 0.15) is 0 Å². The molecule has 0 heterocycles. The molecule has 0 aromatic rings. The maximum atomic E-state index is 5.68. The van der Waals surface area contributed by atoms with Crippen LogP contribution in [0.4, 0.5) is 0 Å². The van der Waals surface area contributed by atoms with Crippen LogP contribution in [0.1, 0.15) is 12.8 Å². The molecule has 0 atom stereocenters. The van der Waals surface area contributed by atoms with E-state index in [2.05, 4.69) is 18.6 Å². The molecule has 1 aliphatic rings. The van der Waals surface area contributed by atoms with E-state index in [0.29, 0.717) is 0 Å². The molecule has 0 aromatic carbocycles. The topological polar surface area (TPSA) is 26.0 Å². The first kappa shape index (κ1) is 6.54. The molecular weight excluding hydrogens is 316 g/mol. The predicted molar refractivity (Wildman–Crippen MR) is 49.8 cm³/mol. The van der Waals surface area contributed by atoms with E-state index in [1.165, 1.54) is 17.3 Å². The van der Waals surface area contributed by atoms with Crippen molar-refractivity contribution in [3.8, 4) is 0 Å². The minimum absolute atomic E-state index is 0.837. The van der Waals surface area contributed by atoms with Crippen LogP contribution in [0.3, 0.4) is 0 Å². The number of alkyl halides is 1. The molecule has 1 saturated carbocycles.